The maximum atomic E-state index is 11.9. The minimum Gasteiger partial charge on any atom is -0.288 e. The molecule has 0 amide bonds. The Morgan fingerprint density at radius 1 is 1.19 bits per heavy atom. The van der Waals surface area contributed by atoms with Crippen LogP contribution in [0.4, 0.5) is 0 Å². The fourth-order valence-corrected chi connectivity index (χ4v) is 3.31. The quantitative estimate of drug-likeness (QED) is 0.462. The van der Waals surface area contributed by atoms with Crippen molar-refractivity contribution < 1.29 is 4.79 Å². The van der Waals surface area contributed by atoms with Crippen molar-refractivity contribution in [3.05, 3.63) is 50.9 Å². The van der Waals surface area contributed by atoms with Gasteiger partial charge < -0.3 is 0 Å². The van der Waals surface area contributed by atoms with E-state index in [9.17, 15) is 4.79 Å². The molecule has 0 unspecified atom stereocenters. The highest BCUT2D eigenvalue weighted by molar-refractivity contribution is 9.09. The average molecular weight is 313 g/mol. The molecule has 2 aromatic heterocycles. The van der Waals surface area contributed by atoms with Crippen molar-refractivity contribution in [2.24, 2.45) is 0 Å². The lowest BCUT2D eigenvalue weighted by Gasteiger charge is -1.98. The van der Waals surface area contributed by atoms with Crippen LogP contribution in [0, 0.1) is 0 Å². The standard InChI is InChI=1S/C12H9BrOS2/c13-8-9(11-3-1-5-15-11)7-10(14)12-4-2-6-16-12/h1-7H,8H2/b9-7+. The first-order chi connectivity index (χ1) is 7.81. The van der Waals surface area contributed by atoms with Gasteiger partial charge in [-0.3, -0.25) is 4.79 Å². The summed E-state index contributed by atoms with van der Waals surface area (Å²) >= 11 is 6.54. The summed E-state index contributed by atoms with van der Waals surface area (Å²) in [6.07, 6.45) is 1.71. The molecule has 2 aromatic rings. The third-order valence-corrected chi connectivity index (χ3v) is 4.48. The molecule has 0 aliphatic rings. The molecule has 1 nitrogen and oxygen atoms in total. The van der Waals surface area contributed by atoms with E-state index in [0.717, 1.165) is 15.3 Å². The highest BCUT2D eigenvalue weighted by Crippen LogP contribution is 2.23. The van der Waals surface area contributed by atoms with Crippen LogP contribution in [0.15, 0.2) is 41.1 Å². The number of hydrogen-bond acceptors (Lipinski definition) is 3. The van der Waals surface area contributed by atoms with Crippen LogP contribution in [0.3, 0.4) is 0 Å². The number of thiophene rings is 2. The fraction of sp³-hybridized carbons (Fsp3) is 0.0833. The molecule has 0 saturated heterocycles. The zero-order valence-corrected chi connectivity index (χ0v) is 11.6. The largest absolute Gasteiger partial charge is 0.288 e. The Balaban J connectivity index is 2.25. The van der Waals surface area contributed by atoms with Gasteiger partial charge >= 0.3 is 0 Å². The molecule has 0 saturated carbocycles. The van der Waals surface area contributed by atoms with E-state index in [0.29, 0.717) is 5.33 Å². The second-order valence-corrected chi connectivity index (χ2v) is 5.58. The minimum absolute atomic E-state index is 0.0813. The first kappa shape index (κ1) is 11.8. The number of alkyl halides is 1. The van der Waals surface area contributed by atoms with Crippen molar-refractivity contribution >= 4 is 50.0 Å². The fourth-order valence-electron chi connectivity index (χ4n) is 1.28. The summed E-state index contributed by atoms with van der Waals surface area (Å²) in [5.74, 6) is 0.0813. The van der Waals surface area contributed by atoms with E-state index in [2.05, 4.69) is 15.9 Å². The molecule has 16 heavy (non-hydrogen) atoms. The molecule has 0 bridgehead atoms. The second-order valence-electron chi connectivity index (χ2n) is 3.12. The summed E-state index contributed by atoms with van der Waals surface area (Å²) in [6, 6.07) is 7.76. The highest BCUT2D eigenvalue weighted by Gasteiger charge is 2.07. The van der Waals surface area contributed by atoms with Gasteiger partial charge in [-0.1, -0.05) is 28.1 Å². The normalized spacial score (nSPS) is 11.7. The Bertz CT molecular complexity index is 483. The highest BCUT2D eigenvalue weighted by atomic mass is 79.9. The van der Waals surface area contributed by atoms with Gasteiger partial charge in [0.25, 0.3) is 0 Å². The monoisotopic (exact) mass is 312 g/mol. The van der Waals surface area contributed by atoms with Crippen LogP contribution in [0.2, 0.25) is 0 Å². The molecular formula is C12H9BrOS2. The molecule has 0 aliphatic heterocycles. The molecule has 0 radical (unpaired) electrons. The van der Waals surface area contributed by atoms with Gasteiger partial charge in [0.1, 0.15) is 0 Å². The maximum Gasteiger partial charge on any atom is 0.196 e. The molecule has 0 fully saturated rings. The third-order valence-electron chi connectivity index (χ3n) is 2.05. The minimum atomic E-state index is 0.0813. The van der Waals surface area contributed by atoms with Gasteiger partial charge in [0.05, 0.1) is 4.88 Å². The van der Waals surface area contributed by atoms with Gasteiger partial charge in [-0.05, 0) is 34.5 Å². The van der Waals surface area contributed by atoms with Crippen molar-refractivity contribution in [3.63, 3.8) is 0 Å². The van der Waals surface area contributed by atoms with E-state index in [-0.39, 0.29) is 5.78 Å². The van der Waals surface area contributed by atoms with Gasteiger partial charge in [-0.2, -0.15) is 0 Å². The van der Waals surface area contributed by atoms with E-state index in [1.807, 2.05) is 35.0 Å². The smallest absolute Gasteiger partial charge is 0.196 e. The van der Waals surface area contributed by atoms with Crippen molar-refractivity contribution in [1.82, 2.24) is 0 Å². The summed E-state index contributed by atoms with van der Waals surface area (Å²) < 4.78 is 0. The van der Waals surface area contributed by atoms with Crippen LogP contribution in [-0.2, 0) is 0 Å². The summed E-state index contributed by atoms with van der Waals surface area (Å²) in [6.45, 7) is 0. The van der Waals surface area contributed by atoms with Crippen LogP contribution in [-0.4, -0.2) is 11.1 Å². The number of ketones is 1. The predicted octanol–water partition coefficient (Wildman–Crippen LogP) is 4.47. The predicted molar refractivity (Wildman–Crippen MR) is 74.7 cm³/mol. The number of hydrogen-bond donors (Lipinski definition) is 0. The number of allylic oxidation sites excluding steroid dienone is 2. The summed E-state index contributed by atoms with van der Waals surface area (Å²) in [5.41, 5.74) is 1.04. The topological polar surface area (TPSA) is 17.1 Å². The lowest BCUT2D eigenvalue weighted by molar-refractivity contribution is 0.105. The Morgan fingerprint density at radius 3 is 2.31 bits per heavy atom. The van der Waals surface area contributed by atoms with Crippen LogP contribution in [0.1, 0.15) is 14.5 Å². The van der Waals surface area contributed by atoms with E-state index < -0.39 is 0 Å². The molecular weight excluding hydrogens is 304 g/mol. The van der Waals surface area contributed by atoms with Crippen molar-refractivity contribution in [3.8, 4) is 0 Å². The second kappa shape index (κ2) is 5.57. The molecule has 0 atom stereocenters. The SMILES string of the molecule is O=C(/C=C(\CBr)c1cccs1)c1cccs1. The Morgan fingerprint density at radius 2 is 1.81 bits per heavy atom. The van der Waals surface area contributed by atoms with Crippen molar-refractivity contribution in [2.75, 3.05) is 5.33 Å². The molecule has 2 heterocycles. The number of carbonyl (C=O) groups excluding carboxylic acids is 1. The van der Waals surface area contributed by atoms with Crippen LogP contribution in [0.5, 0.6) is 0 Å². The van der Waals surface area contributed by atoms with E-state index in [1.54, 1.807) is 17.4 Å². The molecule has 0 aliphatic carbocycles. The van der Waals surface area contributed by atoms with Crippen molar-refractivity contribution in [2.45, 2.75) is 0 Å². The zero-order chi connectivity index (χ0) is 11.4. The number of rotatable bonds is 4. The Kier molecular flexibility index (Phi) is 4.09. The van der Waals surface area contributed by atoms with Crippen molar-refractivity contribution in [1.29, 1.82) is 0 Å². The first-order valence-electron chi connectivity index (χ1n) is 4.69. The lowest BCUT2D eigenvalue weighted by atomic mass is 10.2. The zero-order valence-electron chi connectivity index (χ0n) is 8.35. The van der Waals surface area contributed by atoms with Gasteiger partial charge in [0, 0.05) is 10.2 Å². The van der Waals surface area contributed by atoms with E-state index >= 15 is 0 Å². The molecule has 82 valence electrons. The molecule has 4 heteroatoms. The summed E-state index contributed by atoms with van der Waals surface area (Å²) in [4.78, 5) is 13.8. The van der Waals surface area contributed by atoms with Crippen LogP contribution < -0.4 is 0 Å². The number of halogens is 1. The Labute approximate surface area is 111 Å². The summed E-state index contributed by atoms with van der Waals surface area (Å²) in [7, 11) is 0. The van der Waals surface area contributed by atoms with E-state index in [1.165, 1.54) is 11.3 Å². The lowest BCUT2D eigenvalue weighted by Crippen LogP contribution is -1.93. The third kappa shape index (κ3) is 2.70. The molecule has 2 rings (SSSR count). The van der Waals surface area contributed by atoms with Crippen LogP contribution >= 0.6 is 38.6 Å². The molecule has 0 aromatic carbocycles. The van der Waals surface area contributed by atoms with Gasteiger partial charge in [0.15, 0.2) is 5.78 Å². The number of carbonyl (C=O) groups is 1. The summed E-state index contributed by atoms with van der Waals surface area (Å²) in [5, 5.41) is 4.63. The first-order valence-corrected chi connectivity index (χ1v) is 7.57. The molecule has 0 spiro atoms. The van der Waals surface area contributed by atoms with Crippen LogP contribution in [0.25, 0.3) is 5.57 Å². The van der Waals surface area contributed by atoms with Gasteiger partial charge in [-0.15, -0.1) is 22.7 Å². The maximum absolute atomic E-state index is 11.9. The van der Waals surface area contributed by atoms with Gasteiger partial charge in [0.2, 0.25) is 0 Å². The van der Waals surface area contributed by atoms with Gasteiger partial charge in [-0.25, -0.2) is 0 Å². The van der Waals surface area contributed by atoms with E-state index in [4.69, 9.17) is 0 Å². The average Bonchev–Trinajstić information content (AvgIpc) is 2.96. The Hall–Kier alpha value is -0.710. The molecule has 0 N–H and O–H groups in total.